The van der Waals surface area contributed by atoms with Crippen molar-refractivity contribution in [1.29, 1.82) is 0 Å². The molecule has 4 aromatic carbocycles. The first-order valence-corrected chi connectivity index (χ1v) is 18.5. The molecule has 0 saturated heterocycles. The average molecular weight is 868 g/mol. The van der Waals surface area contributed by atoms with Gasteiger partial charge in [-0.1, -0.05) is 110 Å². The van der Waals surface area contributed by atoms with Crippen LogP contribution < -0.4 is 4.74 Å². The predicted molar refractivity (Wildman–Crippen MR) is 211 cm³/mol. The van der Waals surface area contributed by atoms with Gasteiger partial charge in [-0.25, -0.2) is 4.98 Å². The minimum absolute atomic E-state index is 0. The van der Waals surface area contributed by atoms with Gasteiger partial charge in [-0.2, -0.15) is 16.7 Å². The quantitative estimate of drug-likeness (QED) is 0.115. The third-order valence-electron chi connectivity index (χ3n) is 9.66. The Morgan fingerprint density at radius 3 is 2.27 bits per heavy atom. The summed E-state index contributed by atoms with van der Waals surface area (Å²) in [6.07, 6.45) is 10.2. The van der Waals surface area contributed by atoms with E-state index >= 15 is 0 Å². The van der Waals surface area contributed by atoms with E-state index in [4.69, 9.17) is 14.8 Å². The molecule has 0 amide bonds. The summed E-state index contributed by atoms with van der Waals surface area (Å²) in [4.78, 5) is 4.83. The summed E-state index contributed by atoms with van der Waals surface area (Å²) in [6, 6.07) is 35.1. The molecule has 0 unspecified atom stereocenters. The van der Waals surface area contributed by atoms with E-state index < -0.39 is 0 Å². The van der Waals surface area contributed by atoms with Crippen LogP contribution in [0.1, 0.15) is 95.4 Å². The van der Waals surface area contributed by atoms with Crippen LogP contribution in [0.25, 0.3) is 44.4 Å². The summed E-state index contributed by atoms with van der Waals surface area (Å²) in [7, 11) is 0. The molecule has 0 fully saturated rings. The molecule has 7 aromatic rings. The molecule has 268 valence electrons. The van der Waals surface area contributed by atoms with Gasteiger partial charge < -0.3 is 9.30 Å². The Hall–Kier alpha value is -4.47. The van der Waals surface area contributed by atoms with Crippen molar-refractivity contribution in [2.75, 3.05) is 0 Å². The number of hydrogen-bond donors (Lipinski definition) is 0. The topological polar surface area (TPSA) is 44.9 Å². The zero-order valence-electron chi connectivity index (χ0n) is 31.3. The zero-order valence-corrected chi connectivity index (χ0v) is 33.6. The van der Waals surface area contributed by atoms with Crippen molar-refractivity contribution in [2.24, 2.45) is 5.92 Å². The fourth-order valence-corrected chi connectivity index (χ4v) is 7.23. The van der Waals surface area contributed by atoms with Crippen LogP contribution >= 0.6 is 0 Å². The number of rotatable bonds is 12. The molecular formula is C46H48N4OPt. The van der Waals surface area contributed by atoms with Gasteiger partial charge in [0.1, 0.15) is 5.82 Å². The minimum atomic E-state index is 0. The molecule has 0 bridgehead atoms. The van der Waals surface area contributed by atoms with Crippen LogP contribution in [0.4, 0.5) is 0 Å². The maximum Gasteiger partial charge on any atom is 2.00 e. The fraction of sp³-hybridized carbons (Fsp3) is 0.304. The van der Waals surface area contributed by atoms with Gasteiger partial charge in [-0.15, -0.1) is 35.7 Å². The van der Waals surface area contributed by atoms with E-state index in [0.29, 0.717) is 29.3 Å². The molecule has 0 aliphatic heterocycles. The van der Waals surface area contributed by atoms with Gasteiger partial charge in [-0.05, 0) is 75.7 Å². The first-order valence-electron chi connectivity index (χ1n) is 18.5. The monoisotopic (exact) mass is 867 g/mol. The Morgan fingerprint density at radius 2 is 1.54 bits per heavy atom. The number of ether oxygens (including phenoxy) is 1. The third kappa shape index (κ3) is 7.66. The van der Waals surface area contributed by atoms with Crippen LogP contribution in [-0.2, 0) is 33.9 Å². The van der Waals surface area contributed by atoms with Crippen LogP contribution in [0.2, 0.25) is 0 Å². The van der Waals surface area contributed by atoms with Gasteiger partial charge >= 0.3 is 21.1 Å². The molecule has 3 heterocycles. The van der Waals surface area contributed by atoms with Gasteiger partial charge in [0.2, 0.25) is 0 Å². The third-order valence-corrected chi connectivity index (χ3v) is 9.66. The molecule has 7 rings (SSSR count). The van der Waals surface area contributed by atoms with Gasteiger partial charge in [0.05, 0.1) is 6.20 Å². The molecule has 5 nitrogen and oxygen atoms in total. The average Bonchev–Trinajstić information content (AvgIpc) is 3.73. The fourth-order valence-electron chi connectivity index (χ4n) is 7.23. The van der Waals surface area contributed by atoms with E-state index in [2.05, 4.69) is 144 Å². The number of unbranched alkanes of at least 4 members (excludes halogenated alkanes) is 1. The Bertz CT molecular complexity index is 2290. The second-order valence-corrected chi connectivity index (χ2v) is 14.8. The number of fused-ring (bicyclic) bond motifs is 3. The van der Waals surface area contributed by atoms with Crippen molar-refractivity contribution >= 4 is 21.8 Å². The number of para-hydroxylation sites is 1. The standard InChI is InChI=1S/C46H48N4O.Pt/c1-8-9-13-33-23-36(49-29-35(28-48-49)46-39(31(4)5)15-12-16-40(46)32(6)7)26-38(24-33)51-37-18-19-42-41-14-10-11-17-43(41)50(44(42)27-37)45-25-34(20-21-47-45)22-30(2)3;/h10-12,14-21,23-25,28-32H,8-9,13,22H2,1-7H3;/q-2;+2. The first kappa shape index (κ1) is 37.3. The molecule has 0 aliphatic rings. The molecule has 0 radical (unpaired) electrons. The van der Waals surface area contributed by atoms with Crippen molar-refractivity contribution in [3.05, 3.63) is 132 Å². The second kappa shape index (κ2) is 16.0. The summed E-state index contributed by atoms with van der Waals surface area (Å²) in [6.45, 7) is 15.8. The largest absolute Gasteiger partial charge is 2.00 e. The summed E-state index contributed by atoms with van der Waals surface area (Å²) in [5, 5.41) is 7.16. The van der Waals surface area contributed by atoms with Gasteiger partial charge in [0.15, 0.2) is 0 Å². The van der Waals surface area contributed by atoms with Crippen LogP contribution in [0.5, 0.6) is 11.5 Å². The molecule has 0 aliphatic carbocycles. The van der Waals surface area contributed by atoms with E-state index in [1.165, 1.54) is 27.8 Å². The summed E-state index contributed by atoms with van der Waals surface area (Å²) in [5.74, 6) is 3.53. The van der Waals surface area contributed by atoms with Gasteiger partial charge in [0, 0.05) is 35.0 Å². The Morgan fingerprint density at radius 1 is 0.769 bits per heavy atom. The molecule has 0 saturated carbocycles. The van der Waals surface area contributed by atoms with Crippen molar-refractivity contribution in [1.82, 2.24) is 19.3 Å². The molecule has 3 aromatic heterocycles. The number of pyridine rings is 1. The van der Waals surface area contributed by atoms with Crippen molar-refractivity contribution in [2.45, 2.75) is 86.0 Å². The molecule has 52 heavy (non-hydrogen) atoms. The number of hydrogen-bond acceptors (Lipinski definition) is 3. The number of nitrogens with zero attached hydrogens (tertiary/aromatic N) is 4. The minimum Gasteiger partial charge on any atom is -0.509 e. The van der Waals surface area contributed by atoms with Crippen LogP contribution in [0, 0.1) is 18.1 Å². The number of aromatic nitrogens is 4. The predicted octanol–water partition coefficient (Wildman–Crippen LogP) is 12.2. The normalized spacial score (nSPS) is 11.7. The summed E-state index contributed by atoms with van der Waals surface area (Å²) in [5.41, 5.74) is 10.5. The van der Waals surface area contributed by atoms with E-state index in [9.17, 15) is 0 Å². The van der Waals surface area contributed by atoms with E-state index in [0.717, 1.165) is 64.6 Å². The van der Waals surface area contributed by atoms with Gasteiger partial charge in [-0.3, -0.25) is 4.68 Å². The van der Waals surface area contributed by atoms with Crippen LogP contribution in [0.3, 0.4) is 0 Å². The number of benzene rings is 4. The van der Waals surface area contributed by atoms with E-state index in [-0.39, 0.29) is 21.1 Å². The maximum atomic E-state index is 6.64. The van der Waals surface area contributed by atoms with Crippen LogP contribution in [-0.4, -0.2) is 19.3 Å². The Balaban J connectivity index is 0.00000464. The summed E-state index contributed by atoms with van der Waals surface area (Å²) >= 11 is 0. The maximum absolute atomic E-state index is 6.64. The summed E-state index contributed by atoms with van der Waals surface area (Å²) < 4.78 is 10.8. The van der Waals surface area contributed by atoms with E-state index in [1.807, 2.05) is 23.1 Å². The van der Waals surface area contributed by atoms with E-state index in [1.54, 1.807) is 0 Å². The molecule has 0 spiro atoms. The molecule has 6 heteroatoms. The zero-order chi connectivity index (χ0) is 35.6. The van der Waals surface area contributed by atoms with Crippen molar-refractivity contribution in [3.63, 3.8) is 0 Å². The molecule has 0 atom stereocenters. The van der Waals surface area contributed by atoms with Crippen molar-refractivity contribution in [3.8, 4) is 34.1 Å². The number of aryl methyl sites for hydroxylation is 1. The molecular weight excluding hydrogens is 820 g/mol. The van der Waals surface area contributed by atoms with Gasteiger partial charge in [0.25, 0.3) is 0 Å². The second-order valence-electron chi connectivity index (χ2n) is 14.8. The smallest absolute Gasteiger partial charge is 0.509 e. The first-order chi connectivity index (χ1) is 24.7. The SMILES string of the molecule is CCCCc1cc(Oc2[c-]c3c(cc2)c2ccccc2n3-c2cc(CC(C)C)ccn2)[c-]c(-n2cc(-c3c(C(C)C)cccc3C(C)C)cn2)c1.[Pt+2]. The van der Waals surface area contributed by atoms with Crippen molar-refractivity contribution < 1.29 is 25.8 Å². The Labute approximate surface area is 323 Å². The Kier molecular flexibility index (Phi) is 11.5. The molecule has 0 N–H and O–H groups in total. The van der Waals surface area contributed by atoms with Crippen LogP contribution in [0.15, 0.2) is 97.5 Å².